The number of aliphatic hydroxyl groups excluding tert-OH is 2. The number of hydrogen-bond acceptors (Lipinski definition) is 7. The van der Waals surface area contributed by atoms with E-state index in [9.17, 15) is 15.0 Å². The lowest BCUT2D eigenvalue weighted by molar-refractivity contribution is -0.0400. The molecule has 2 aromatic rings. The van der Waals surface area contributed by atoms with E-state index >= 15 is 0 Å². The van der Waals surface area contributed by atoms with E-state index in [1.807, 2.05) is 0 Å². The largest absolute Gasteiger partial charge is 0.388 e. The summed E-state index contributed by atoms with van der Waals surface area (Å²) in [5.41, 5.74) is 0.261. The summed E-state index contributed by atoms with van der Waals surface area (Å²) in [6.45, 7) is 6.79. The lowest BCUT2D eigenvalue weighted by atomic mass is 10.1. The summed E-state index contributed by atoms with van der Waals surface area (Å²) in [7, 11) is 0. The van der Waals surface area contributed by atoms with E-state index in [0.717, 1.165) is 24.8 Å². The molecule has 0 amide bonds. The fourth-order valence-corrected chi connectivity index (χ4v) is 5.42. The third kappa shape index (κ3) is 4.97. The van der Waals surface area contributed by atoms with E-state index in [1.165, 1.54) is 11.8 Å². The second kappa shape index (κ2) is 8.94. The van der Waals surface area contributed by atoms with Gasteiger partial charge in [-0.15, -0.1) is 13.2 Å². The van der Waals surface area contributed by atoms with Crippen LogP contribution in [0, 0.1) is 6.92 Å². The third-order valence-electron chi connectivity index (χ3n) is 4.98. The molecule has 0 aromatic carbocycles. The average molecular weight is 443 g/mol. The van der Waals surface area contributed by atoms with Crippen LogP contribution < -0.4 is 5.56 Å². The van der Waals surface area contributed by atoms with Crippen molar-refractivity contribution in [2.24, 2.45) is 0 Å². The van der Waals surface area contributed by atoms with Crippen molar-refractivity contribution in [1.29, 1.82) is 0 Å². The van der Waals surface area contributed by atoms with Gasteiger partial charge in [0.1, 0.15) is 18.0 Å². The number of nitrogens with one attached hydrogen (secondary N) is 1. The van der Waals surface area contributed by atoms with Crippen LogP contribution in [0.1, 0.15) is 38.2 Å². The number of fused-ring (bicyclic) bond motifs is 1. The zero-order valence-electron chi connectivity index (χ0n) is 17.5. The molecule has 0 aliphatic carbocycles. The molecule has 4 atom stereocenters. The number of aromatic amines is 1. The van der Waals surface area contributed by atoms with Gasteiger partial charge < -0.3 is 19.9 Å². The Morgan fingerprint density at radius 1 is 1.31 bits per heavy atom. The number of nitrogens with zero attached hydrogens (tertiary/aromatic N) is 3. The number of thioether (sulfide) groups is 1. The predicted molar refractivity (Wildman–Crippen MR) is 120 cm³/mol. The van der Waals surface area contributed by atoms with Crippen molar-refractivity contribution in [3.8, 4) is 0 Å². The number of imidazole rings is 1. The first-order chi connectivity index (χ1) is 13.6. The summed E-state index contributed by atoms with van der Waals surface area (Å²) in [6, 6.07) is 0. The Morgan fingerprint density at radius 3 is 2.69 bits per heavy atom. The minimum absolute atomic E-state index is 0.216. The maximum atomic E-state index is 12.4. The molecule has 3 rings (SSSR count). The summed E-state index contributed by atoms with van der Waals surface area (Å²) in [4.78, 5) is 24.0. The van der Waals surface area contributed by atoms with Gasteiger partial charge in [-0.05, 0) is 39.3 Å². The first-order valence-corrected chi connectivity index (χ1v) is 14.0. The number of aliphatic hydroxyl groups is 2. The van der Waals surface area contributed by atoms with E-state index in [4.69, 9.17) is 4.74 Å². The van der Waals surface area contributed by atoms with Crippen LogP contribution >= 0.6 is 18.6 Å². The van der Waals surface area contributed by atoms with E-state index in [0.29, 0.717) is 23.0 Å². The molecule has 2 aromatic heterocycles. The maximum Gasteiger partial charge on any atom is 0.279 e. The number of rotatable bonds is 8. The standard InChI is InChI=1S/C19H31N4O4PS/c1-6-7-10-29-19-22-13-16(20-11(2)21-17(13)26)23(19)18-15(25)14(24)12(27-18)8-9-28(3,4)5/h12,14-15,18,24-25H,3,6-10H2,1-2,4-5H3,(H,20,21,26)/t12-,14-,15-,18-/m1/s1. The fraction of sp³-hybridized carbons (Fsp3) is 0.684. The minimum Gasteiger partial charge on any atom is -0.388 e. The van der Waals surface area contributed by atoms with Crippen LogP contribution in [0.3, 0.4) is 0 Å². The first kappa shape index (κ1) is 22.6. The Kier molecular flexibility index (Phi) is 6.95. The maximum absolute atomic E-state index is 12.4. The van der Waals surface area contributed by atoms with Crippen LogP contribution in [-0.4, -0.2) is 79.6 Å². The normalized spacial score (nSPS) is 25.2. The van der Waals surface area contributed by atoms with Gasteiger partial charge in [0, 0.05) is 5.75 Å². The van der Waals surface area contributed by atoms with Crippen molar-refractivity contribution in [2.45, 2.75) is 62.8 Å². The first-order valence-electron chi connectivity index (χ1n) is 9.93. The van der Waals surface area contributed by atoms with Gasteiger partial charge in [0.15, 0.2) is 22.5 Å². The lowest BCUT2D eigenvalue weighted by Gasteiger charge is -2.20. The van der Waals surface area contributed by atoms with E-state index < -0.39 is 31.4 Å². The third-order valence-corrected chi connectivity index (χ3v) is 7.48. The molecule has 1 fully saturated rings. The van der Waals surface area contributed by atoms with Gasteiger partial charge in [-0.1, -0.05) is 25.1 Å². The molecule has 0 spiro atoms. The highest BCUT2D eigenvalue weighted by atomic mass is 32.2. The SMILES string of the molecule is C=P(C)(C)CC[C@H]1O[C@@H](n2c(SCCCC)nc3c(=O)[nH]c(C)nc32)[C@H](O)[C@@H]1O. The molecule has 1 saturated heterocycles. The number of aryl methyl sites for hydroxylation is 1. The molecular weight excluding hydrogens is 411 g/mol. The molecule has 0 unspecified atom stereocenters. The van der Waals surface area contributed by atoms with Gasteiger partial charge in [-0.25, -0.2) is 9.97 Å². The molecule has 3 N–H and O–H groups in total. The van der Waals surface area contributed by atoms with Gasteiger partial charge in [-0.3, -0.25) is 9.36 Å². The summed E-state index contributed by atoms with van der Waals surface area (Å²) < 4.78 is 7.78. The Morgan fingerprint density at radius 2 is 2.03 bits per heavy atom. The minimum atomic E-state index is -1.28. The van der Waals surface area contributed by atoms with Crippen molar-refractivity contribution < 1.29 is 14.9 Å². The van der Waals surface area contributed by atoms with E-state index in [1.54, 1.807) is 11.5 Å². The summed E-state index contributed by atoms with van der Waals surface area (Å²) in [6.07, 6.45) is 4.24. The number of hydrogen-bond donors (Lipinski definition) is 3. The molecule has 29 heavy (non-hydrogen) atoms. The monoisotopic (exact) mass is 442 g/mol. The number of H-pyrrole nitrogens is 1. The van der Waals surface area contributed by atoms with Crippen molar-refractivity contribution in [1.82, 2.24) is 19.5 Å². The smallest absolute Gasteiger partial charge is 0.279 e. The van der Waals surface area contributed by atoms with Crippen LogP contribution in [0.5, 0.6) is 0 Å². The molecule has 8 nitrogen and oxygen atoms in total. The Labute approximate surface area is 175 Å². The highest BCUT2D eigenvalue weighted by molar-refractivity contribution is 7.99. The molecule has 0 radical (unpaired) electrons. The second-order valence-corrected chi connectivity index (χ2v) is 13.7. The van der Waals surface area contributed by atoms with Gasteiger partial charge in [-0.2, -0.15) is 0 Å². The highest BCUT2D eigenvalue weighted by Gasteiger charge is 2.45. The zero-order chi connectivity index (χ0) is 21.3. The van der Waals surface area contributed by atoms with Gasteiger partial charge in [0.2, 0.25) is 0 Å². The van der Waals surface area contributed by atoms with Crippen LogP contribution in [0.4, 0.5) is 0 Å². The Bertz CT molecular complexity index is 969. The predicted octanol–water partition coefficient (Wildman–Crippen LogP) is 2.04. The fourth-order valence-electron chi connectivity index (χ4n) is 3.37. The molecule has 0 bridgehead atoms. The molecule has 1 aliphatic rings. The van der Waals surface area contributed by atoms with Crippen molar-refractivity contribution in [3.05, 3.63) is 16.2 Å². The van der Waals surface area contributed by atoms with Crippen molar-refractivity contribution in [3.63, 3.8) is 0 Å². The quantitative estimate of drug-likeness (QED) is 0.326. The van der Waals surface area contributed by atoms with Gasteiger partial charge in [0.05, 0.1) is 6.10 Å². The average Bonchev–Trinajstić information content (AvgIpc) is 3.11. The Hall–Kier alpha value is -1.12. The summed E-state index contributed by atoms with van der Waals surface area (Å²) in [5.74, 6) is 1.29. The molecule has 1 aliphatic heterocycles. The topological polar surface area (TPSA) is 113 Å². The van der Waals surface area contributed by atoms with Crippen LogP contribution in [0.25, 0.3) is 11.2 Å². The van der Waals surface area contributed by atoms with Crippen LogP contribution in [0.2, 0.25) is 0 Å². The number of unbranched alkanes of at least 4 members (excludes halogenated alkanes) is 1. The summed E-state index contributed by atoms with van der Waals surface area (Å²) >= 11 is 1.50. The van der Waals surface area contributed by atoms with Gasteiger partial charge in [0.25, 0.3) is 5.56 Å². The molecule has 3 heterocycles. The molecular formula is C19H31N4O4PS. The van der Waals surface area contributed by atoms with E-state index in [2.05, 4.69) is 41.5 Å². The molecule has 0 saturated carbocycles. The zero-order valence-corrected chi connectivity index (χ0v) is 19.2. The van der Waals surface area contributed by atoms with Gasteiger partial charge >= 0.3 is 0 Å². The Balaban J connectivity index is 1.99. The lowest BCUT2D eigenvalue weighted by Crippen LogP contribution is -2.32. The number of aromatic nitrogens is 4. The molecule has 10 heteroatoms. The number of ether oxygens (including phenoxy) is 1. The second-order valence-electron chi connectivity index (χ2n) is 8.28. The highest BCUT2D eigenvalue weighted by Crippen LogP contribution is 2.41. The van der Waals surface area contributed by atoms with E-state index in [-0.39, 0.29) is 11.1 Å². The summed E-state index contributed by atoms with van der Waals surface area (Å²) in [5, 5.41) is 21.9. The molecule has 162 valence electrons. The van der Waals surface area contributed by atoms with Crippen molar-refractivity contribution in [2.75, 3.05) is 25.2 Å². The van der Waals surface area contributed by atoms with Crippen LogP contribution in [-0.2, 0) is 4.74 Å². The van der Waals surface area contributed by atoms with Crippen molar-refractivity contribution >= 4 is 36.1 Å². The van der Waals surface area contributed by atoms with Crippen LogP contribution in [0.15, 0.2) is 9.95 Å².